The summed E-state index contributed by atoms with van der Waals surface area (Å²) < 4.78 is 5.27. The highest BCUT2D eigenvalue weighted by Gasteiger charge is 2.32. The number of carbonyl (C=O) groups excluding carboxylic acids is 1. The fourth-order valence-corrected chi connectivity index (χ4v) is 3.00. The summed E-state index contributed by atoms with van der Waals surface area (Å²) in [6.45, 7) is 4.99. The fourth-order valence-electron chi connectivity index (χ4n) is 3.00. The van der Waals surface area contributed by atoms with E-state index in [1.807, 2.05) is 23.2 Å². The average molecular weight is 299 g/mol. The fraction of sp³-hybridized carbons (Fsp3) is 0.471. The minimum Gasteiger partial charge on any atom is -0.351 e. The first kappa shape index (κ1) is 14.8. The van der Waals surface area contributed by atoms with Crippen molar-refractivity contribution < 1.29 is 9.32 Å². The van der Waals surface area contributed by atoms with E-state index in [2.05, 4.69) is 24.0 Å². The zero-order valence-corrected chi connectivity index (χ0v) is 13.0. The van der Waals surface area contributed by atoms with Crippen molar-refractivity contribution in [3.8, 4) is 0 Å². The van der Waals surface area contributed by atoms with Crippen molar-refractivity contribution in [2.24, 2.45) is 5.92 Å². The molecule has 116 valence electrons. The first-order valence-electron chi connectivity index (χ1n) is 7.81. The Morgan fingerprint density at radius 1 is 1.50 bits per heavy atom. The minimum atomic E-state index is -0.0751. The second-order valence-electron chi connectivity index (χ2n) is 6.22. The quantitative estimate of drug-likeness (QED) is 0.869. The Bertz CT molecular complexity index is 636. The van der Waals surface area contributed by atoms with Gasteiger partial charge in [-0.05, 0) is 36.8 Å². The molecule has 1 aliphatic rings. The molecule has 0 bridgehead atoms. The molecule has 0 saturated carbocycles. The van der Waals surface area contributed by atoms with Gasteiger partial charge in [-0.25, -0.2) is 0 Å². The molecule has 5 heteroatoms. The molecule has 0 unspecified atom stereocenters. The van der Waals surface area contributed by atoms with Gasteiger partial charge >= 0.3 is 0 Å². The lowest BCUT2D eigenvalue weighted by Gasteiger charge is -2.23. The maximum Gasteiger partial charge on any atom is 0.292 e. The Balaban J connectivity index is 1.77. The van der Waals surface area contributed by atoms with E-state index in [4.69, 9.17) is 4.52 Å². The predicted octanol–water partition coefficient (Wildman–Crippen LogP) is 3.25. The molecular formula is C17H21N3O2. The van der Waals surface area contributed by atoms with Crippen molar-refractivity contribution in [2.45, 2.75) is 39.2 Å². The lowest BCUT2D eigenvalue weighted by molar-refractivity contribution is 0.0693. The van der Waals surface area contributed by atoms with Gasteiger partial charge in [-0.15, -0.1) is 0 Å². The zero-order valence-electron chi connectivity index (χ0n) is 13.0. The molecule has 1 atom stereocenters. The topological polar surface area (TPSA) is 59.2 Å². The third kappa shape index (κ3) is 3.03. The second kappa shape index (κ2) is 6.30. The summed E-state index contributed by atoms with van der Waals surface area (Å²) >= 11 is 0. The molecule has 0 spiro atoms. The number of likely N-dealkylation sites (tertiary alicyclic amines) is 1. The van der Waals surface area contributed by atoms with Gasteiger partial charge in [-0.2, -0.15) is 0 Å². The molecule has 0 N–H and O–H groups in total. The standard InChI is InChI=1S/C17H21N3O2/c1-12(2)9-14-10-16(22-19-14)17(21)20-8-4-6-15(20)13-5-3-7-18-11-13/h3,5,7,10-12,15H,4,6,8-9H2,1-2H3/t15-/m0/s1. The van der Waals surface area contributed by atoms with Crippen LogP contribution in [0.1, 0.15) is 54.5 Å². The van der Waals surface area contributed by atoms with Crippen molar-refractivity contribution in [2.75, 3.05) is 6.54 Å². The Hall–Kier alpha value is -2.17. The number of hydrogen-bond donors (Lipinski definition) is 0. The SMILES string of the molecule is CC(C)Cc1cc(C(=O)N2CCC[C@H]2c2cccnc2)on1. The van der Waals surface area contributed by atoms with Crippen molar-refractivity contribution in [1.29, 1.82) is 0 Å². The van der Waals surface area contributed by atoms with Crippen LogP contribution >= 0.6 is 0 Å². The zero-order chi connectivity index (χ0) is 15.5. The maximum absolute atomic E-state index is 12.7. The molecule has 5 nitrogen and oxygen atoms in total. The predicted molar refractivity (Wildman–Crippen MR) is 82.3 cm³/mol. The Labute approximate surface area is 130 Å². The number of carbonyl (C=O) groups is 1. The average Bonchev–Trinajstić information content (AvgIpc) is 3.16. The van der Waals surface area contributed by atoms with Gasteiger partial charge in [0.05, 0.1) is 11.7 Å². The maximum atomic E-state index is 12.7. The molecule has 2 aromatic heterocycles. The summed E-state index contributed by atoms with van der Waals surface area (Å²) in [5, 5.41) is 4.01. The van der Waals surface area contributed by atoms with E-state index < -0.39 is 0 Å². The number of nitrogens with zero attached hydrogens (tertiary/aromatic N) is 3. The largest absolute Gasteiger partial charge is 0.351 e. The van der Waals surface area contributed by atoms with E-state index in [1.165, 1.54) is 0 Å². The van der Waals surface area contributed by atoms with Gasteiger partial charge in [0, 0.05) is 25.0 Å². The molecule has 2 aromatic rings. The number of hydrogen-bond acceptors (Lipinski definition) is 4. The molecule has 1 fully saturated rings. The van der Waals surface area contributed by atoms with Crippen LogP contribution in [0.25, 0.3) is 0 Å². The van der Waals surface area contributed by atoms with Crippen molar-refractivity contribution >= 4 is 5.91 Å². The number of amides is 1. The van der Waals surface area contributed by atoms with Gasteiger partial charge in [-0.1, -0.05) is 25.1 Å². The number of pyridine rings is 1. The van der Waals surface area contributed by atoms with Gasteiger partial charge in [0.15, 0.2) is 0 Å². The van der Waals surface area contributed by atoms with Crippen LogP contribution in [-0.4, -0.2) is 27.5 Å². The summed E-state index contributed by atoms with van der Waals surface area (Å²) in [7, 11) is 0. The van der Waals surface area contributed by atoms with Crippen molar-refractivity contribution in [1.82, 2.24) is 15.0 Å². The van der Waals surface area contributed by atoms with E-state index in [1.54, 1.807) is 12.3 Å². The molecule has 1 amide bonds. The van der Waals surface area contributed by atoms with Crippen molar-refractivity contribution in [3.05, 3.63) is 47.6 Å². The first-order chi connectivity index (χ1) is 10.6. The Morgan fingerprint density at radius 3 is 3.09 bits per heavy atom. The molecule has 0 aliphatic carbocycles. The van der Waals surface area contributed by atoms with Gasteiger partial charge in [0.1, 0.15) is 0 Å². The van der Waals surface area contributed by atoms with Crippen LogP contribution in [0.3, 0.4) is 0 Å². The lowest BCUT2D eigenvalue weighted by Crippen LogP contribution is -2.30. The van der Waals surface area contributed by atoms with E-state index in [0.717, 1.165) is 37.1 Å². The van der Waals surface area contributed by atoms with Crippen LogP contribution in [0, 0.1) is 5.92 Å². The van der Waals surface area contributed by atoms with E-state index in [-0.39, 0.29) is 11.9 Å². The molecule has 1 saturated heterocycles. The number of rotatable bonds is 4. The normalized spacial score (nSPS) is 18.1. The highest BCUT2D eigenvalue weighted by Crippen LogP contribution is 2.32. The monoisotopic (exact) mass is 299 g/mol. The highest BCUT2D eigenvalue weighted by molar-refractivity contribution is 5.92. The van der Waals surface area contributed by atoms with Gasteiger partial charge < -0.3 is 9.42 Å². The van der Waals surface area contributed by atoms with Gasteiger partial charge in [0.2, 0.25) is 5.76 Å². The first-order valence-corrected chi connectivity index (χ1v) is 7.81. The summed E-state index contributed by atoms with van der Waals surface area (Å²) in [6.07, 6.45) is 6.37. The van der Waals surface area contributed by atoms with Gasteiger partial charge in [-0.3, -0.25) is 9.78 Å². The summed E-state index contributed by atoms with van der Waals surface area (Å²) in [4.78, 5) is 18.7. The van der Waals surface area contributed by atoms with Crippen molar-refractivity contribution in [3.63, 3.8) is 0 Å². The van der Waals surface area contributed by atoms with Gasteiger partial charge in [0.25, 0.3) is 5.91 Å². The highest BCUT2D eigenvalue weighted by atomic mass is 16.5. The lowest BCUT2D eigenvalue weighted by atomic mass is 10.1. The molecule has 1 aliphatic heterocycles. The van der Waals surface area contributed by atoms with Crippen LogP contribution < -0.4 is 0 Å². The second-order valence-corrected chi connectivity index (χ2v) is 6.22. The summed E-state index contributed by atoms with van der Waals surface area (Å²) in [5.74, 6) is 0.753. The molecule has 0 radical (unpaired) electrons. The molecule has 0 aromatic carbocycles. The van der Waals surface area contributed by atoms with Crippen LogP contribution in [-0.2, 0) is 6.42 Å². The number of aromatic nitrogens is 2. The summed E-state index contributed by atoms with van der Waals surface area (Å²) in [5.41, 5.74) is 1.92. The smallest absolute Gasteiger partial charge is 0.292 e. The van der Waals surface area contributed by atoms with E-state index in [9.17, 15) is 4.79 Å². The van der Waals surface area contributed by atoms with Crippen LogP contribution in [0.5, 0.6) is 0 Å². The Kier molecular flexibility index (Phi) is 4.22. The van der Waals surface area contributed by atoms with E-state index in [0.29, 0.717) is 11.7 Å². The minimum absolute atomic E-state index is 0.0751. The molecular weight excluding hydrogens is 278 g/mol. The third-order valence-electron chi connectivity index (χ3n) is 3.97. The third-order valence-corrected chi connectivity index (χ3v) is 3.97. The molecule has 3 rings (SSSR count). The van der Waals surface area contributed by atoms with Crippen LogP contribution in [0.4, 0.5) is 0 Å². The summed E-state index contributed by atoms with van der Waals surface area (Å²) in [6, 6.07) is 5.79. The van der Waals surface area contributed by atoms with Crippen LogP contribution in [0.15, 0.2) is 35.1 Å². The van der Waals surface area contributed by atoms with E-state index >= 15 is 0 Å². The molecule has 22 heavy (non-hydrogen) atoms. The van der Waals surface area contributed by atoms with Crippen LogP contribution in [0.2, 0.25) is 0 Å². The Morgan fingerprint density at radius 2 is 2.36 bits per heavy atom. The molecule has 3 heterocycles.